The molecular formula is C13H8Cl2N2O2. The summed E-state index contributed by atoms with van der Waals surface area (Å²) < 4.78 is 10.5. The molecular weight excluding hydrogens is 287 g/mol. The number of halogens is 2. The standard InChI is InChI=1S/C13H8Cl2N2O2/c14-7-3-4-8(9(15)6-7)11-12(19-17-13(11)16)10-2-1-5-18-10/h1-6H,(H2,16,17). The summed E-state index contributed by atoms with van der Waals surface area (Å²) in [6.07, 6.45) is 1.54. The number of nitrogens with zero attached hydrogens (tertiary/aromatic N) is 1. The number of anilines is 1. The lowest BCUT2D eigenvalue weighted by Crippen LogP contribution is -1.89. The Morgan fingerprint density at radius 3 is 2.68 bits per heavy atom. The van der Waals surface area contributed by atoms with Crippen molar-refractivity contribution in [2.24, 2.45) is 0 Å². The highest BCUT2D eigenvalue weighted by molar-refractivity contribution is 6.36. The van der Waals surface area contributed by atoms with Crippen molar-refractivity contribution in [3.63, 3.8) is 0 Å². The van der Waals surface area contributed by atoms with Crippen LogP contribution in [0.4, 0.5) is 5.82 Å². The van der Waals surface area contributed by atoms with Gasteiger partial charge in [-0.3, -0.25) is 0 Å². The molecule has 0 spiro atoms. The van der Waals surface area contributed by atoms with Gasteiger partial charge < -0.3 is 14.7 Å². The minimum atomic E-state index is 0.246. The molecule has 0 fully saturated rings. The van der Waals surface area contributed by atoms with Crippen molar-refractivity contribution in [3.8, 4) is 22.6 Å². The number of benzene rings is 1. The van der Waals surface area contributed by atoms with Crippen LogP contribution in [0.15, 0.2) is 45.5 Å². The summed E-state index contributed by atoms with van der Waals surface area (Å²) in [4.78, 5) is 0. The molecule has 4 nitrogen and oxygen atoms in total. The van der Waals surface area contributed by atoms with Crippen LogP contribution in [0.3, 0.4) is 0 Å². The smallest absolute Gasteiger partial charge is 0.212 e. The third-order valence-corrected chi connectivity index (χ3v) is 3.21. The highest BCUT2D eigenvalue weighted by Gasteiger charge is 2.21. The molecule has 0 aliphatic carbocycles. The summed E-state index contributed by atoms with van der Waals surface area (Å²) in [6, 6.07) is 8.63. The minimum absolute atomic E-state index is 0.246. The van der Waals surface area contributed by atoms with E-state index in [-0.39, 0.29) is 5.82 Å². The monoisotopic (exact) mass is 294 g/mol. The number of furan rings is 1. The predicted octanol–water partition coefficient (Wildman–Crippen LogP) is 4.49. The molecule has 0 unspecified atom stereocenters. The topological polar surface area (TPSA) is 65.2 Å². The number of nitrogen functional groups attached to an aromatic ring is 1. The Labute approximate surface area is 118 Å². The van der Waals surface area contributed by atoms with Crippen LogP contribution in [0.2, 0.25) is 10.0 Å². The molecule has 2 heterocycles. The molecule has 2 N–H and O–H groups in total. The predicted molar refractivity (Wildman–Crippen MR) is 74.1 cm³/mol. The quantitative estimate of drug-likeness (QED) is 0.756. The lowest BCUT2D eigenvalue weighted by molar-refractivity contribution is 0.421. The average molecular weight is 295 g/mol. The molecule has 3 aromatic rings. The van der Waals surface area contributed by atoms with Crippen LogP contribution >= 0.6 is 23.2 Å². The zero-order valence-corrected chi connectivity index (χ0v) is 11.1. The van der Waals surface area contributed by atoms with E-state index in [0.717, 1.165) is 0 Å². The van der Waals surface area contributed by atoms with Gasteiger partial charge in [0, 0.05) is 10.6 Å². The van der Waals surface area contributed by atoms with Crippen molar-refractivity contribution >= 4 is 29.0 Å². The van der Waals surface area contributed by atoms with E-state index in [1.165, 1.54) is 0 Å². The zero-order chi connectivity index (χ0) is 13.4. The molecule has 0 amide bonds. The molecule has 0 aliphatic rings. The van der Waals surface area contributed by atoms with E-state index in [1.807, 2.05) is 0 Å². The number of nitrogens with two attached hydrogens (primary N) is 1. The van der Waals surface area contributed by atoms with Crippen molar-refractivity contribution in [1.29, 1.82) is 0 Å². The Morgan fingerprint density at radius 1 is 1.16 bits per heavy atom. The lowest BCUT2D eigenvalue weighted by Gasteiger charge is -2.04. The SMILES string of the molecule is Nc1noc(-c2ccco2)c1-c1ccc(Cl)cc1Cl. The van der Waals surface area contributed by atoms with Gasteiger partial charge in [-0.15, -0.1) is 0 Å². The molecule has 2 aromatic heterocycles. The van der Waals surface area contributed by atoms with E-state index in [2.05, 4.69) is 5.16 Å². The second-order valence-electron chi connectivity index (χ2n) is 3.87. The number of hydrogen-bond acceptors (Lipinski definition) is 4. The second kappa shape index (κ2) is 4.64. The summed E-state index contributed by atoms with van der Waals surface area (Å²) in [5.41, 5.74) is 7.13. The Bertz CT molecular complexity index is 720. The van der Waals surface area contributed by atoms with E-state index in [4.69, 9.17) is 37.9 Å². The van der Waals surface area contributed by atoms with Crippen LogP contribution in [0, 0.1) is 0 Å². The fraction of sp³-hybridized carbons (Fsp3) is 0. The van der Waals surface area contributed by atoms with Gasteiger partial charge in [0.2, 0.25) is 5.76 Å². The summed E-state index contributed by atoms with van der Waals surface area (Å²) in [6.45, 7) is 0. The Kier molecular flexibility index (Phi) is 2.97. The van der Waals surface area contributed by atoms with Gasteiger partial charge in [-0.1, -0.05) is 34.4 Å². The number of rotatable bonds is 2. The Morgan fingerprint density at radius 2 is 2.00 bits per heavy atom. The van der Waals surface area contributed by atoms with Gasteiger partial charge >= 0.3 is 0 Å². The van der Waals surface area contributed by atoms with Gasteiger partial charge in [0.05, 0.1) is 16.8 Å². The molecule has 0 saturated heterocycles. The van der Waals surface area contributed by atoms with Gasteiger partial charge in [-0.25, -0.2) is 0 Å². The highest BCUT2D eigenvalue weighted by Crippen LogP contribution is 2.40. The largest absolute Gasteiger partial charge is 0.461 e. The summed E-state index contributed by atoms with van der Waals surface area (Å²) in [5, 5.41) is 4.78. The van der Waals surface area contributed by atoms with Crippen molar-refractivity contribution in [2.45, 2.75) is 0 Å². The normalized spacial score (nSPS) is 10.8. The molecule has 6 heteroatoms. The third-order valence-electron chi connectivity index (χ3n) is 2.66. The summed E-state index contributed by atoms with van der Waals surface area (Å²) in [5.74, 6) is 1.22. The van der Waals surface area contributed by atoms with E-state index in [1.54, 1.807) is 36.6 Å². The van der Waals surface area contributed by atoms with Crippen LogP contribution in [-0.4, -0.2) is 5.16 Å². The first-order valence-corrected chi connectivity index (χ1v) is 6.17. The first-order chi connectivity index (χ1) is 9.16. The van der Waals surface area contributed by atoms with Crippen molar-refractivity contribution in [2.75, 3.05) is 5.73 Å². The zero-order valence-electron chi connectivity index (χ0n) is 9.56. The Balaban J connectivity index is 2.22. The van der Waals surface area contributed by atoms with E-state index >= 15 is 0 Å². The van der Waals surface area contributed by atoms with Crippen molar-refractivity contribution < 1.29 is 8.94 Å². The third kappa shape index (κ3) is 2.09. The van der Waals surface area contributed by atoms with Crippen LogP contribution in [0.25, 0.3) is 22.6 Å². The maximum atomic E-state index is 6.19. The molecule has 3 rings (SSSR count). The molecule has 0 bridgehead atoms. The van der Waals surface area contributed by atoms with Crippen molar-refractivity contribution in [1.82, 2.24) is 5.16 Å². The van der Waals surface area contributed by atoms with Gasteiger partial charge in [-0.05, 0) is 24.3 Å². The molecule has 0 saturated carbocycles. The summed E-state index contributed by atoms with van der Waals surface area (Å²) in [7, 11) is 0. The molecule has 0 radical (unpaired) electrons. The van der Waals surface area contributed by atoms with E-state index in [9.17, 15) is 0 Å². The molecule has 0 atom stereocenters. The van der Waals surface area contributed by atoms with Crippen LogP contribution < -0.4 is 5.73 Å². The molecule has 0 aliphatic heterocycles. The molecule has 19 heavy (non-hydrogen) atoms. The Hall–Kier alpha value is -1.91. The van der Waals surface area contributed by atoms with Crippen LogP contribution in [0.1, 0.15) is 0 Å². The number of aromatic nitrogens is 1. The maximum Gasteiger partial charge on any atom is 0.212 e. The second-order valence-corrected chi connectivity index (χ2v) is 4.72. The van der Waals surface area contributed by atoms with Crippen LogP contribution in [0.5, 0.6) is 0 Å². The fourth-order valence-electron chi connectivity index (χ4n) is 1.83. The first-order valence-electron chi connectivity index (χ1n) is 5.41. The van der Waals surface area contributed by atoms with Gasteiger partial charge in [0.1, 0.15) is 0 Å². The first kappa shape index (κ1) is 12.1. The van der Waals surface area contributed by atoms with Gasteiger partial charge in [0.25, 0.3) is 0 Å². The van der Waals surface area contributed by atoms with Gasteiger partial charge in [0.15, 0.2) is 11.6 Å². The summed E-state index contributed by atoms with van der Waals surface area (Å²) >= 11 is 12.1. The van der Waals surface area contributed by atoms with Crippen LogP contribution in [-0.2, 0) is 0 Å². The van der Waals surface area contributed by atoms with E-state index < -0.39 is 0 Å². The lowest BCUT2D eigenvalue weighted by atomic mass is 10.0. The molecule has 1 aromatic carbocycles. The number of hydrogen-bond donors (Lipinski definition) is 1. The molecule has 96 valence electrons. The minimum Gasteiger partial charge on any atom is -0.461 e. The van der Waals surface area contributed by atoms with E-state index in [0.29, 0.717) is 32.7 Å². The van der Waals surface area contributed by atoms with Gasteiger partial charge in [-0.2, -0.15) is 0 Å². The average Bonchev–Trinajstić information content (AvgIpc) is 2.99. The fourth-order valence-corrected chi connectivity index (χ4v) is 2.33. The highest BCUT2D eigenvalue weighted by atomic mass is 35.5. The maximum absolute atomic E-state index is 6.19. The van der Waals surface area contributed by atoms with Crippen molar-refractivity contribution in [3.05, 3.63) is 46.6 Å².